The van der Waals surface area contributed by atoms with E-state index in [-0.39, 0.29) is 11.1 Å². The van der Waals surface area contributed by atoms with Crippen LogP contribution in [0.15, 0.2) is 17.0 Å². The highest BCUT2D eigenvalue weighted by Gasteiger charge is 2.31. The Bertz CT molecular complexity index is 615. The van der Waals surface area contributed by atoms with Gasteiger partial charge in [0.25, 0.3) is 11.1 Å². The second-order valence-electron chi connectivity index (χ2n) is 3.98. The van der Waals surface area contributed by atoms with E-state index in [2.05, 4.69) is 0 Å². The zero-order valence-electron chi connectivity index (χ0n) is 11.1. The fraction of sp³-hybridized carbons (Fsp3) is 0.231. The van der Waals surface area contributed by atoms with Crippen molar-refractivity contribution >= 4 is 40.6 Å². The number of amides is 2. The molecule has 7 heteroatoms. The van der Waals surface area contributed by atoms with Crippen molar-refractivity contribution in [2.75, 3.05) is 21.3 Å². The van der Waals surface area contributed by atoms with Crippen LogP contribution in [0.2, 0.25) is 5.02 Å². The zero-order chi connectivity index (χ0) is 14.9. The van der Waals surface area contributed by atoms with Crippen LogP contribution in [0.1, 0.15) is 5.56 Å². The molecule has 0 aromatic heterocycles. The minimum Gasteiger partial charge on any atom is -0.493 e. The van der Waals surface area contributed by atoms with Gasteiger partial charge in [-0.1, -0.05) is 11.6 Å². The average Bonchev–Trinajstić information content (AvgIpc) is 2.65. The van der Waals surface area contributed by atoms with Crippen molar-refractivity contribution in [1.29, 1.82) is 0 Å². The Morgan fingerprint density at radius 3 is 2.45 bits per heavy atom. The van der Waals surface area contributed by atoms with Crippen molar-refractivity contribution < 1.29 is 19.1 Å². The average molecular weight is 314 g/mol. The fourth-order valence-electron chi connectivity index (χ4n) is 1.72. The molecule has 1 fully saturated rings. The molecule has 0 atom stereocenters. The number of nitrogens with zero attached hydrogens (tertiary/aromatic N) is 1. The monoisotopic (exact) mass is 313 g/mol. The first-order chi connectivity index (χ1) is 9.47. The third-order valence-electron chi connectivity index (χ3n) is 2.74. The summed E-state index contributed by atoms with van der Waals surface area (Å²) in [5.74, 6) is 0.558. The SMILES string of the molecule is COc1cc(/C=C2\SC(=O)N(C)C2=O)cc(Cl)c1OC. The van der Waals surface area contributed by atoms with Crippen LogP contribution >= 0.6 is 23.4 Å². The van der Waals surface area contributed by atoms with E-state index in [9.17, 15) is 9.59 Å². The molecule has 1 aliphatic rings. The summed E-state index contributed by atoms with van der Waals surface area (Å²) in [7, 11) is 4.43. The Labute approximate surface area is 125 Å². The van der Waals surface area contributed by atoms with Crippen LogP contribution in [0, 0.1) is 0 Å². The van der Waals surface area contributed by atoms with Crippen LogP contribution in [0.5, 0.6) is 11.5 Å². The Kier molecular flexibility index (Phi) is 4.25. The van der Waals surface area contributed by atoms with E-state index in [1.165, 1.54) is 21.3 Å². The number of methoxy groups -OCH3 is 2. The van der Waals surface area contributed by atoms with Crippen molar-refractivity contribution in [3.05, 3.63) is 27.6 Å². The van der Waals surface area contributed by atoms with Gasteiger partial charge >= 0.3 is 0 Å². The van der Waals surface area contributed by atoms with E-state index in [0.717, 1.165) is 16.7 Å². The topological polar surface area (TPSA) is 55.8 Å². The number of hydrogen-bond donors (Lipinski definition) is 0. The smallest absolute Gasteiger partial charge is 0.293 e. The molecular weight excluding hydrogens is 302 g/mol. The maximum Gasteiger partial charge on any atom is 0.293 e. The minimum absolute atomic E-state index is 0.298. The molecule has 2 amide bonds. The second-order valence-corrected chi connectivity index (χ2v) is 5.38. The summed E-state index contributed by atoms with van der Waals surface area (Å²) in [4.78, 5) is 24.7. The molecule has 1 aromatic carbocycles. The lowest BCUT2D eigenvalue weighted by Crippen LogP contribution is -2.22. The maximum atomic E-state index is 11.8. The maximum absolute atomic E-state index is 11.8. The van der Waals surface area contributed by atoms with Crippen LogP contribution in [-0.4, -0.2) is 37.3 Å². The Morgan fingerprint density at radius 2 is 1.95 bits per heavy atom. The number of carbonyl (C=O) groups is 2. The molecule has 1 saturated heterocycles. The standard InChI is InChI=1S/C13H12ClNO4S/c1-15-12(16)10(20-13(15)17)6-7-4-8(14)11(19-3)9(5-7)18-2/h4-6H,1-3H3/b10-6-. The molecule has 0 N–H and O–H groups in total. The summed E-state index contributed by atoms with van der Waals surface area (Å²) in [5.41, 5.74) is 0.659. The summed E-state index contributed by atoms with van der Waals surface area (Å²) < 4.78 is 10.3. The Morgan fingerprint density at radius 1 is 1.25 bits per heavy atom. The lowest BCUT2D eigenvalue weighted by molar-refractivity contribution is -0.121. The van der Waals surface area contributed by atoms with Crippen molar-refractivity contribution in [2.45, 2.75) is 0 Å². The number of thioether (sulfide) groups is 1. The molecule has 0 radical (unpaired) electrons. The van der Waals surface area contributed by atoms with Crippen LogP contribution in [-0.2, 0) is 4.79 Å². The molecule has 2 rings (SSSR count). The molecule has 1 aromatic rings. The number of carbonyl (C=O) groups excluding carboxylic acids is 2. The van der Waals surface area contributed by atoms with Gasteiger partial charge in [-0.05, 0) is 35.5 Å². The summed E-state index contributed by atoms with van der Waals surface area (Å²) in [6, 6.07) is 3.33. The Hall–Kier alpha value is -1.66. The second kappa shape index (κ2) is 5.76. The molecule has 0 unspecified atom stereocenters. The summed E-state index contributed by atoms with van der Waals surface area (Å²) in [5, 5.41) is 0.0710. The number of hydrogen-bond acceptors (Lipinski definition) is 5. The fourth-order valence-corrected chi connectivity index (χ4v) is 2.84. The normalized spacial score (nSPS) is 17.0. The quantitative estimate of drug-likeness (QED) is 0.803. The lowest BCUT2D eigenvalue weighted by atomic mass is 10.2. The van der Waals surface area contributed by atoms with Gasteiger partial charge in [-0.25, -0.2) is 0 Å². The number of benzene rings is 1. The highest BCUT2D eigenvalue weighted by atomic mass is 35.5. The third-order valence-corrected chi connectivity index (χ3v) is 3.98. The molecule has 0 bridgehead atoms. The van der Waals surface area contributed by atoms with E-state index in [1.54, 1.807) is 18.2 Å². The van der Waals surface area contributed by atoms with Crippen molar-refractivity contribution in [1.82, 2.24) is 4.90 Å². The van der Waals surface area contributed by atoms with Crippen molar-refractivity contribution in [2.24, 2.45) is 0 Å². The van der Waals surface area contributed by atoms with Gasteiger partial charge in [0, 0.05) is 7.05 Å². The predicted octanol–water partition coefficient (Wildman–Crippen LogP) is 3.02. The van der Waals surface area contributed by atoms with Gasteiger partial charge in [-0.15, -0.1) is 0 Å². The lowest BCUT2D eigenvalue weighted by Gasteiger charge is -2.10. The molecule has 106 valence electrons. The molecule has 1 aliphatic heterocycles. The van der Waals surface area contributed by atoms with Gasteiger partial charge in [-0.2, -0.15) is 0 Å². The number of ether oxygens (including phenoxy) is 2. The molecule has 20 heavy (non-hydrogen) atoms. The summed E-state index contributed by atoms with van der Waals surface area (Å²) in [6.45, 7) is 0. The molecule has 1 heterocycles. The molecule has 0 saturated carbocycles. The van der Waals surface area contributed by atoms with Gasteiger partial charge in [0.15, 0.2) is 11.5 Å². The van der Waals surface area contributed by atoms with E-state index in [4.69, 9.17) is 21.1 Å². The number of imide groups is 1. The van der Waals surface area contributed by atoms with Crippen LogP contribution < -0.4 is 9.47 Å². The molecule has 0 spiro atoms. The molecule has 0 aliphatic carbocycles. The van der Waals surface area contributed by atoms with E-state index < -0.39 is 0 Å². The summed E-state index contributed by atoms with van der Waals surface area (Å²) in [6.07, 6.45) is 1.60. The highest BCUT2D eigenvalue weighted by Crippen LogP contribution is 2.38. The van der Waals surface area contributed by atoms with Gasteiger partial charge in [0.05, 0.1) is 24.1 Å². The first-order valence-electron chi connectivity index (χ1n) is 5.61. The third kappa shape index (κ3) is 2.62. The van der Waals surface area contributed by atoms with Crippen LogP contribution in [0.3, 0.4) is 0 Å². The Balaban J connectivity index is 2.42. The highest BCUT2D eigenvalue weighted by molar-refractivity contribution is 8.18. The predicted molar refractivity (Wildman–Crippen MR) is 78.3 cm³/mol. The molecular formula is C13H12ClNO4S. The number of rotatable bonds is 3. The summed E-state index contributed by atoms with van der Waals surface area (Å²) >= 11 is 6.98. The van der Waals surface area contributed by atoms with Gasteiger partial charge < -0.3 is 9.47 Å². The van der Waals surface area contributed by atoms with E-state index in [0.29, 0.717) is 27.0 Å². The van der Waals surface area contributed by atoms with Gasteiger partial charge in [0.1, 0.15) is 0 Å². The number of halogens is 1. The first kappa shape index (κ1) is 14.7. The largest absolute Gasteiger partial charge is 0.493 e. The van der Waals surface area contributed by atoms with Gasteiger partial charge in [-0.3, -0.25) is 14.5 Å². The minimum atomic E-state index is -0.328. The first-order valence-corrected chi connectivity index (χ1v) is 6.80. The van der Waals surface area contributed by atoms with Gasteiger partial charge in [0.2, 0.25) is 0 Å². The number of likely N-dealkylation sites (N-methyl/N-ethyl adjacent to an activating group) is 1. The van der Waals surface area contributed by atoms with E-state index in [1.807, 2.05) is 0 Å². The van der Waals surface area contributed by atoms with E-state index >= 15 is 0 Å². The molecule has 5 nitrogen and oxygen atoms in total. The van der Waals surface area contributed by atoms with Crippen LogP contribution in [0.25, 0.3) is 6.08 Å². The zero-order valence-corrected chi connectivity index (χ0v) is 12.7. The van der Waals surface area contributed by atoms with Crippen molar-refractivity contribution in [3.63, 3.8) is 0 Å². The van der Waals surface area contributed by atoms with Crippen LogP contribution in [0.4, 0.5) is 4.79 Å². The van der Waals surface area contributed by atoms with Crippen molar-refractivity contribution in [3.8, 4) is 11.5 Å².